The average Bonchev–Trinajstić information content (AvgIpc) is 2.09. The summed E-state index contributed by atoms with van der Waals surface area (Å²) in [5.41, 5.74) is 0. The maximum atomic E-state index is 11.2. The van der Waals surface area contributed by atoms with Crippen LogP contribution in [0.15, 0.2) is 4.99 Å². The lowest BCUT2D eigenvalue weighted by molar-refractivity contribution is -0.139. The predicted molar refractivity (Wildman–Crippen MR) is 49.8 cm³/mol. The van der Waals surface area contributed by atoms with Crippen LogP contribution in [0.1, 0.15) is 6.42 Å². The van der Waals surface area contributed by atoms with Gasteiger partial charge in [-0.3, -0.25) is 19.5 Å². The normalized spacial score (nSPS) is 26.6. The molecule has 1 fully saturated rings. The highest BCUT2D eigenvalue weighted by Crippen LogP contribution is 2.25. The van der Waals surface area contributed by atoms with Crippen molar-refractivity contribution in [2.45, 2.75) is 11.7 Å². The Morgan fingerprint density at radius 3 is 2.85 bits per heavy atom. The first-order chi connectivity index (χ1) is 6.06. The summed E-state index contributed by atoms with van der Waals surface area (Å²) in [5, 5.41) is 8.48. The molecule has 1 N–H and O–H groups in total. The topological polar surface area (TPSA) is 70.0 Å². The number of nitrogens with zero attached hydrogens (tertiary/aromatic N) is 2. The third-order valence-corrected chi connectivity index (χ3v) is 3.06. The highest BCUT2D eigenvalue weighted by Gasteiger charge is 2.33. The summed E-state index contributed by atoms with van der Waals surface area (Å²) in [6, 6.07) is 0. The molecule has 0 aliphatic carbocycles. The molecule has 0 unspecified atom stereocenters. The number of carboxylic acids is 1. The Bertz CT molecular complexity index is 277. The van der Waals surface area contributed by atoms with Crippen molar-refractivity contribution < 1.29 is 14.7 Å². The van der Waals surface area contributed by atoms with Crippen molar-refractivity contribution in [2.24, 2.45) is 4.99 Å². The molecule has 0 bridgehead atoms. The Morgan fingerprint density at radius 2 is 2.38 bits per heavy atom. The summed E-state index contributed by atoms with van der Waals surface area (Å²) in [5.74, 6) is -1.17. The highest BCUT2D eigenvalue weighted by atomic mass is 32.2. The Labute approximate surface area is 79.8 Å². The minimum absolute atomic E-state index is 0.0372. The molecule has 5 nitrogen and oxygen atoms in total. The fourth-order valence-corrected chi connectivity index (χ4v) is 1.94. The van der Waals surface area contributed by atoms with Crippen LogP contribution in [0.3, 0.4) is 0 Å². The van der Waals surface area contributed by atoms with Gasteiger partial charge in [0.25, 0.3) is 0 Å². The Kier molecular flexibility index (Phi) is 2.92. The van der Waals surface area contributed by atoms with Crippen LogP contribution in [0.2, 0.25) is 0 Å². The first-order valence-electron chi connectivity index (χ1n) is 3.69. The molecule has 0 spiro atoms. The number of carbonyl (C=O) groups excluding carboxylic acids is 1. The van der Waals surface area contributed by atoms with Crippen molar-refractivity contribution in [3.8, 4) is 0 Å². The van der Waals surface area contributed by atoms with Crippen molar-refractivity contribution in [1.29, 1.82) is 0 Å². The molecule has 1 rings (SSSR count). The second kappa shape index (κ2) is 3.78. The molecule has 1 aliphatic rings. The first kappa shape index (κ1) is 10.0. The number of carbonyl (C=O) groups is 2. The fraction of sp³-hybridized carbons (Fsp3) is 0.571. The van der Waals surface area contributed by atoms with E-state index in [1.165, 1.54) is 11.9 Å². The van der Waals surface area contributed by atoms with Gasteiger partial charge in [-0.05, 0) is 0 Å². The molecule has 0 aromatic heterocycles. The summed E-state index contributed by atoms with van der Waals surface area (Å²) in [4.78, 5) is 27.1. The monoisotopic (exact) mass is 202 g/mol. The van der Waals surface area contributed by atoms with E-state index in [-0.39, 0.29) is 12.3 Å². The third-order valence-electron chi connectivity index (χ3n) is 1.74. The summed E-state index contributed by atoms with van der Waals surface area (Å²) in [7, 11) is 3.13. The van der Waals surface area contributed by atoms with Crippen molar-refractivity contribution in [3.63, 3.8) is 0 Å². The lowest BCUT2D eigenvalue weighted by atomic mass is 10.3. The van der Waals surface area contributed by atoms with Crippen LogP contribution in [-0.2, 0) is 9.59 Å². The summed E-state index contributed by atoms with van der Waals surface area (Å²) in [6.45, 7) is 0. The van der Waals surface area contributed by atoms with Crippen LogP contribution in [-0.4, -0.2) is 46.4 Å². The van der Waals surface area contributed by atoms with Gasteiger partial charge in [0.05, 0.1) is 6.42 Å². The maximum absolute atomic E-state index is 11.2. The second-order valence-corrected chi connectivity index (χ2v) is 3.78. The number of amides is 1. The van der Waals surface area contributed by atoms with Crippen LogP contribution in [0.25, 0.3) is 0 Å². The summed E-state index contributed by atoms with van der Waals surface area (Å²) >= 11 is 1.11. The molecular formula is C7H10N2O3S. The number of carboxylic acid groups (broad SMARTS) is 1. The lowest BCUT2D eigenvalue weighted by Gasteiger charge is -2.26. The predicted octanol–water partition coefficient (Wildman–Crippen LogP) is 0.0207. The van der Waals surface area contributed by atoms with Crippen LogP contribution >= 0.6 is 11.8 Å². The van der Waals surface area contributed by atoms with E-state index >= 15 is 0 Å². The van der Waals surface area contributed by atoms with Gasteiger partial charge in [0.15, 0.2) is 5.17 Å². The zero-order valence-electron chi connectivity index (χ0n) is 7.35. The van der Waals surface area contributed by atoms with E-state index in [1.54, 1.807) is 7.05 Å². The van der Waals surface area contributed by atoms with E-state index in [1.807, 2.05) is 0 Å². The maximum Gasteiger partial charge on any atom is 0.317 e. The molecule has 1 aliphatic heterocycles. The average molecular weight is 202 g/mol. The van der Waals surface area contributed by atoms with Crippen LogP contribution in [0.4, 0.5) is 0 Å². The van der Waals surface area contributed by atoms with Crippen molar-refractivity contribution >= 4 is 28.8 Å². The minimum Gasteiger partial charge on any atom is -0.480 e. The van der Waals surface area contributed by atoms with Crippen molar-refractivity contribution in [3.05, 3.63) is 0 Å². The Morgan fingerprint density at radius 1 is 1.77 bits per heavy atom. The molecule has 72 valence electrons. The van der Waals surface area contributed by atoms with Gasteiger partial charge >= 0.3 is 5.97 Å². The van der Waals surface area contributed by atoms with E-state index in [4.69, 9.17) is 5.11 Å². The van der Waals surface area contributed by atoms with Gasteiger partial charge in [-0.25, -0.2) is 0 Å². The molecule has 1 amide bonds. The molecular weight excluding hydrogens is 192 g/mol. The SMILES string of the molecule is CN=C1S[C@H](C(=O)O)CC(=O)N1C. The van der Waals surface area contributed by atoms with Gasteiger partial charge in [-0.2, -0.15) is 0 Å². The largest absolute Gasteiger partial charge is 0.480 e. The quantitative estimate of drug-likeness (QED) is 0.650. The Balaban J connectivity index is 2.81. The van der Waals surface area contributed by atoms with Crippen LogP contribution < -0.4 is 0 Å². The van der Waals surface area contributed by atoms with Crippen LogP contribution in [0, 0.1) is 0 Å². The van der Waals surface area contributed by atoms with E-state index in [0.717, 1.165) is 11.8 Å². The van der Waals surface area contributed by atoms with Crippen molar-refractivity contribution in [1.82, 2.24) is 4.90 Å². The van der Waals surface area contributed by atoms with Gasteiger partial charge in [0.2, 0.25) is 5.91 Å². The number of hydrogen-bond donors (Lipinski definition) is 1. The van der Waals surface area contributed by atoms with Crippen LogP contribution in [0.5, 0.6) is 0 Å². The third kappa shape index (κ3) is 2.00. The molecule has 13 heavy (non-hydrogen) atoms. The minimum atomic E-state index is -0.965. The number of thioether (sulfide) groups is 1. The number of amidine groups is 1. The molecule has 0 aromatic rings. The zero-order valence-corrected chi connectivity index (χ0v) is 8.17. The van der Waals surface area contributed by atoms with E-state index < -0.39 is 11.2 Å². The van der Waals surface area contributed by atoms with Gasteiger partial charge in [0.1, 0.15) is 5.25 Å². The van der Waals surface area contributed by atoms with Gasteiger partial charge in [0, 0.05) is 14.1 Å². The molecule has 1 heterocycles. The number of rotatable bonds is 1. The molecule has 6 heteroatoms. The lowest BCUT2D eigenvalue weighted by Crippen LogP contribution is -2.41. The number of hydrogen-bond acceptors (Lipinski definition) is 4. The van der Waals surface area contributed by atoms with E-state index in [9.17, 15) is 9.59 Å². The Hall–Kier alpha value is -1.04. The molecule has 0 aromatic carbocycles. The molecule has 0 saturated carbocycles. The summed E-state index contributed by atoms with van der Waals surface area (Å²) in [6.07, 6.45) is 0.0372. The number of aliphatic imine (C=N–C) groups is 1. The number of aliphatic carboxylic acids is 1. The van der Waals surface area contributed by atoms with Gasteiger partial charge in [-0.15, -0.1) is 0 Å². The first-order valence-corrected chi connectivity index (χ1v) is 4.57. The highest BCUT2D eigenvalue weighted by molar-refractivity contribution is 8.15. The van der Waals surface area contributed by atoms with E-state index in [0.29, 0.717) is 5.17 Å². The van der Waals surface area contributed by atoms with Gasteiger partial charge < -0.3 is 5.11 Å². The molecule has 1 saturated heterocycles. The summed E-state index contributed by atoms with van der Waals surface area (Å²) < 4.78 is 0. The van der Waals surface area contributed by atoms with Crippen molar-refractivity contribution in [2.75, 3.05) is 14.1 Å². The smallest absolute Gasteiger partial charge is 0.317 e. The zero-order chi connectivity index (χ0) is 10.0. The van der Waals surface area contributed by atoms with E-state index in [2.05, 4.69) is 4.99 Å². The van der Waals surface area contributed by atoms with Gasteiger partial charge in [-0.1, -0.05) is 11.8 Å². The fourth-order valence-electron chi connectivity index (χ4n) is 0.991. The molecule has 1 atom stereocenters. The second-order valence-electron chi connectivity index (χ2n) is 2.61. The standard InChI is InChI=1S/C7H10N2O3S/c1-8-7-9(2)5(10)3-4(13-7)6(11)12/h4H,3H2,1-2H3,(H,11,12)/t4-/m0/s1. The molecule has 0 radical (unpaired) electrons.